The van der Waals surface area contributed by atoms with Gasteiger partial charge in [-0.3, -0.25) is 9.59 Å². The minimum absolute atomic E-state index is 0.0931. The topological polar surface area (TPSA) is 77.8 Å². The Kier molecular flexibility index (Phi) is 3.85. The van der Waals surface area contributed by atoms with Crippen LogP contribution in [-0.4, -0.2) is 40.1 Å². The molecule has 0 aromatic heterocycles. The van der Waals surface area contributed by atoms with E-state index in [0.29, 0.717) is 12.1 Å². The first kappa shape index (κ1) is 13.5. The smallest absolute Gasteiger partial charge is 0.308 e. The number of hydrogen-bond donors (Lipinski definition) is 2. The molecule has 0 radical (unpaired) electrons. The first-order chi connectivity index (χ1) is 9.00. The van der Waals surface area contributed by atoms with E-state index in [0.717, 1.165) is 0 Å². The summed E-state index contributed by atoms with van der Waals surface area (Å²) >= 11 is 0. The SMILES string of the molecule is C[C@@H]1CN(C(=O)[C@H](O)c2ccccc2)C[C@H]1C(=O)O. The van der Waals surface area contributed by atoms with Crippen molar-refractivity contribution in [3.8, 4) is 0 Å². The Labute approximate surface area is 111 Å². The van der Waals surface area contributed by atoms with E-state index < -0.39 is 23.9 Å². The van der Waals surface area contributed by atoms with Crippen molar-refractivity contribution < 1.29 is 19.8 Å². The van der Waals surface area contributed by atoms with Crippen molar-refractivity contribution in [1.82, 2.24) is 4.90 Å². The van der Waals surface area contributed by atoms with E-state index in [2.05, 4.69) is 0 Å². The second-order valence-corrected chi connectivity index (χ2v) is 4.98. The molecule has 102 valence electrons. The first-order valence-electron chi connectivity index (χ1n) is 6.25. The van der Waals surface area contributed by atoms with Crippen molar-refractivity contribution >= 4 is 11.9 Å². The molecule has 0 bridgehead atoms. The maximum atomic E-state index is 12.1. The van der Waals surface area contributed by atoms with Crippen molar-refractivity contribution in [2.75, 3.05) is 13.1 Å². The molecule has 2 rings (SSSR count). The second-order valence-electron chi connectivity index (χ2n) is 4.98. The summed E-state index contributed by atoms with van der Waals surface area (Å²) in [5.41, 5.74) is 0.527. The van der Waals surface area contributed by atoms with Crippen molar-refractivity contribution in [1.29, 1.82) is 0 Å². The number of carboxylic acids is 1. The number of carboxylic acid groups (broad SMARTS) is 1. The van der Waals surface area contributed by atoms with Crippen LogP contribution >= 0.6 is 0 Å². The maximum Gasteiger partial charge on any atom is 0.308 e. The van der Waals surface area contributed by atoms with E-state index >= 15 is 0 Å². The molecule has 1 heterocycles. The Morgan fingerprint density at radius 1 is 1.26 bits per heavy atom. The van der Waals surface area contributed by atoms with E-state index in [9.17, 15) is 14.7 Å². The fourth-order valence-electron chi connectivity index (χ4n) is 2.42. The lowest BCUT2D eigenvalue weighted by Gasteiger charge is -2.20. The Morgan fingerprint density at radius 2 is 1.89 bits per heavy atom. The third-order valence-electron chi connectivity index (χ3n) is 3.59. The highest BCUT2D eigenvalue weighted by atomic mass is 16.4. The molecule has 0 aliphatic carbocycles. The quantitative estimate of drug-likeness (QED) is 0.849. The molecule has 0 spiro atoms. The largest absolute Gasteiger partial charge is 0.481 e. The maximum absolute atomic E-state index is 12.1. The molecule has 1 aromatic rings. The number of amides is 1. The van der Waals surface area contributed by atoms with Crippen LogP contribution in [0.1, 0.15) is 18.6 Å². The minimum atomic E-state index is -1.22. The van der Waals surface area contributed by atoms with Crippen LogP contribution in [0.25, 0.3) is 0 Å². The van der Waals surface area contributed by atoms with Gasteiger partial charge in [0.05, 0.1) is 5.92 Å². The lowest BCUT2D eigenvalue weighted by Crippen LogP contribution is -2.34. The number of aliphatic carboxylic acids is 1. The van der Waals surface area contributed by atoms with Crippen LogP contribution in [0.5, 0.6) is 0 Å². The van der Waals surface area contributed by atoms with Crippen LogP contribution in [0.3, 0.4) is 0 Å². The Bertz CT molecular complexity index is 474. The molecule has 2 N–H and O–H groups in total. The van der Waals surface area contributed by atoms with Gasteiger partial charge < -0.3 is 15.1 Å². The predicted octanol–water partition coefficient (Wildman–Crippen LogP) is 0.899. The van der Waals surface area contributed by atoms with Crippen molar-refractivity contribution in [2.45, 2.75) is 13.0 Å². The number of nitrogens with zero attached hydrogens (tertiary/aromatic N) is 1. The number of carbonyl (C=O) groups excluding carboxylic acids is 1. The summed E-state index contributed by atoms with van der Waals surface area (Å²) in [7, 11) is 0. The van der Waals surface area contributed by atoms with Crippen molar-refractivity contribution in [3.05, 3.63) is 35.9 Å². The molecule has 1 amide bonds. The molecule has 5 heteroatoms. The van der Waals surface area contributed by atoms with Crippen LogP contribution in [0, 0.1) is 11.8 Å². The minimum Gasteiger partial charge on any atom is -0.481 e. The molecule has 0 unspecified atom stereocenters. The highest BCUT2D eigenvalue weighted by molar-refractivity contribution is 5.83. The summed E-state index contributed by atoms with van der Waals surface area (Å²) in [4.78, 5) is 24.6. The van der Waals surface area contributed by atoms with Crippen LogP contribution in [0.2, 0.25) is 0 Å². The number of benzene rings is 1. The van der Waals surface area contributed by atoms with Crippen LogP contribution in [0.4, 0.5) is 0 Å². The number of rotatable bonds is 3. The highest BCUT2D eigenvalue weighted by Gasteiger charge is 2.38. The van der Waals surface area contributed by atoms with Gasteiger partial charge in [-0.15, -0.1) is 0 Å². The van der Waals surface area contributed by atoms with E-state index in [1.54, 1.807) is 37.3 Å². The molecule has 1 aromatic carbocycles. The third-order valence-corrected chi connectivity index (χ3v) is 3.59. The summed E-state index contributed by atoms with van der Waals surface area (Å²) in [6.07, 6.45) is -1.22. The molecule has 3 atom stereocenters. The fourth-order valence-corrected chi connectivity index (χ4v) is 2.42. The first-order valence-corrected chi connectivity index (χ1v) is 6.25. The lowest BCUT2D eigenvalue weighted by molar-refractivity contribution is -0.143. The number of aliphatic hydroxyl groups is 1. The van der Waals surface area contributed by atoms with Gasteiger partial charge in [0, 0.05) is 13.1 Å². The average Bonchev–Trinajstić information content (AvgIpc) is 2.80. The van der Waals surface area contributed by atoms with Gasteiger partial charge in [-0.25, -0.2) is 0 Å². The van der Waals surface area contributed by atoms with Gasteiger partial charge in [-0.1, -0.05) is 37.3 Å². The Morgan fingerprint density at radius 3 is 2.42 bits per heavy atom. The van der Waals surface area contributed by atoms with Crippen molar-refractivity contribution in [3.63, 3.8) is 0 Å². The van der Waals surface area contributed by atoms with E-state index in [1.807, 2.05) is 0 Å². The van der Waals surface area contributed by atoms with Gasteiger partial charge in [0.15, 0.2) is 6.10 Å². The van der Waals surface area contributed by atoms with Gasteiger partial charge in [0.25, 0.3) is 5.91 Å². The average molecular weight is 263 g/mol. The summed E-state index contributed by atoms with van der Waals surface area (Å²) < 4.78 is 0. The molecule has 1 saturated heterocycles. The zero-order valence-electron chi connectivity index (χ0n) is 10.7. The monoisotopic (exact) mass is 263 g/mol. The van der Waals surface area contributed by atoms with Crippen LogP contribution < -0.4 is 0 Å². The van der Waals surface area contributed by atoms with Gasteiger partial charge in [0.2, 0.25) is 0 Å². The summed E-state index contributed by atoms with van der Waals surface area (Å²) in [6, 6.07) is 8.66. The fraction of sp³-hybridized carbons (Fsp3) is 0.429. The molecule has 1 fully saturated rings. The number of likely N-dealkylation sites (tertiary alicyclic amines) is 1. The summed E-state index contributed by atoms with van der Waals surface area (Å²) in [6.45, 7) is 2.35. The Balaban J connectivity index is 2.07. The molecule has 19 heavy (non-hydrogen) atoms. The number of hydrogen-bond acceptors (Lipinski definition) is 3. The van der Waals surface area contributed by atoms with Crippen molar-refractivity contribution in [2.24, 2.45) is 11.8 Å². The third kappa shape index (κ3) is 2.76. The van der Waals surface area contributed by atoms with E-state index in [1.165, 1.54) is 4.90 Å². The molecule has 1 aliphatic heterocycles. The standard InChI is InChI=1S/C14H17NO4/c1-9-7-15(8-11(9)14(18)19)13(17)12(16)10-5-3-2-4-6-10/h2-6,9,11-12,16H,7-8H2,1H3,(H,18,19)/t9-,11-,12-/m1/s1. The summed E-state index contributed by atoms with van der Waals surface area (Å²) in [5, 5.41) is 19.1. The molecular formula is C14H17NO4. The molecule has 1 aliphatic rings. The van der Waals surface area contributed by atoms with E-state index in [4.69, 9.17) is 5.11 Å². The van der Waals surface area contributed by atoms with Gasteiger partial charge in [0.1, 0.15) is 0 Å². The molecular weight excluding hydrogens is 246 g/mol. The molecule has 0 saturated carbocycles. The van der Waals surface area contributed by atoms with Gasteiger partial charge in [-0.05, 0) is 11.5 Å². The zero-order chi connectivity index (χ0) is 14.0. The number of carbonyl (C=O) groups is 2. The Hall–Kier alpha value is -1.88. The van der Waals surface area contributed by atoms with Crippen LogP contribution in [0.15, 0.2) is 30.3 Å². The zero-order valence-corrected chi connectivity index (χ0v) is 10.7. The van der Waals surface area contributed by atoms with E-state index in [-0.39, 0.29) is 12.5 Å². The number of aliphatic hydroxyl groups excluding tert-OH is 1. The highest BCUT2D eigenvalue weighted by Crippen LogP contribution is 2.26. The van der Waals surface area contributed by atoms with Gasteiger partial charge in [-0.2, -0.15) is 0 Å². The van der Waals surface area contributed by atoms with Gasteiger partial charge >= 0.3 is 5.97 Å². The molecule has 5 nitrogen and oxygen atoms in total. The predicted molar refractivity (Wildman–Crippen MR) is 68.3 cm³/mol. The summed E-state index contributed by atoms with van der Waals surface area (Å²) in [5.74, 6) is -1.96. The van der Waals surface area contributed by atoms with Crippen LogP contribution in [-0.2, 0) is 9.59 Å². The normalized spacial score (nSPS) is 24.2. The lowest BCUT2D eigenvalue weighted by atomic mass is 9.99. The second kappa shape index (κ2) is 5.40.